The Labute approximate surface area is 69.2 Å². The SMILES string of the molecule is O=C1C(Cl)=C(O)C2C=CC1C2. The van der Waals surface area contributed by atoms with Gasteiger partial charge in [-0.3, -0.25) is 4.79 Å². The third-order valence-corrected chi connectivity index (χ3v) is 2.59. The zero-order chi connectivity index (χ0) is 8.01. The minimum atomic E-state index is -0.144. The second kappa shape index (κ2) is 2.11. The molecule has 2 aliphatic rings. The van der Waals surface area contributed by atoms with Gasteiger partial charge in [0.05, 0.1) is 0 Å². The summed E-state index contributed by atoms with van der Waals surface area (Å²) in [5, 5.41) is 9.33. The van der Waals surface area contributed by atoms with E-state index < -0.39 is 0 Å². The van der Waals surface area contributed by atoms with Gasteiger partial charge in [-0.15, -0.1) is 0 Å². The Bertz CT molecular complexity index is 278. The summed E-state index contributed by atoms with van der Waals surface area (Å²) in [4.78, 5) is 11.2. The van der Waals surface area contributed by atoms with Gasteiger partial charge < -0.3 is 5.11 Å². The first-order valence-corrected chi connectivity index (χ1v) is 3.89. The predicted molar refractivity (Wildman–Crippen MR) is 41.3 cm³/mol. The van der Waals surface area contributed by atoms with Gasteiger partial charge in [-0.25, -0.2) is 0 Å². The van der Waals surface area contributed by atoms with Crippen LogP contribution in [-0.2, 0) is 4.79 Å². The van der Waals surface area contributed by atoms with Crippen LogP contribution in [0.4, 0.5) is 0 Å². The summed E-state index contributed by atoms with van der Waals surface area (Å²) in [7, 11) is 0. The molecule has 11 heavy (non-hydrogen) atoms. The average molecular weight is 171 g/mol. The average Bonchev–Trinajstić information content (AvgIpc) is 2.44. The van der Waals surface area contributed by atoms with E-state index in [0.29, 0.717) is 6.42 Å². The van der Waals surface area contributed by atoms with Crippen LogP contribution in [0.3, 0.4) is 0 Å². The van der Waals surface area contributed by atoms with Crippen LogP contribution in [0.2, 0.25) is 0 Å². The number of aliphatic hydroxyl groups excluding tert-OH is 1. The topological polar surface area (TPSA) is 37.3 Å². The zero-order valence-electron chi connectivity index (χ0n) is 5.75. The van der Waals surface area contributed by atoms with Crippen LogP contribution in [0, 0.1) is 11.8 Å². The second-order valence-corrected chi connectivity index (χ2v) is 3.28. The van der Waals surface area contributed by atoms with Gasteiger partial charge in [-0.05, 0) is 6.42 Å². The fourth-order valence-electron chi connectivity index (χ4n) is 1.55. The maximum atomic E-state index is 11.2. The highest BCUT2D eigenvalue weighted by molar-refractivity contribution is 6.43. The molecule has 3 heteroatoms. The smallest absolute Gasteiger partial charge is 0.184 e. The number of hydrogen-bond donors (Lipinski definition) is 1. The van der Waals surface area contributed by atoms with Gasteiger partial charge in [0, 0.05) is 11.8 Å². The Kier molecular flexibility index (Phi) is 1.33. The van der Waals surface area contributed by atoms with Crippen molar-refractivity contribution in [2.75, 3.05) is 0 Å². The van der Waals surface area contributed by atoms with E-state index in [0.717, 1.165) is 0 Å². The lowest BCUT2D eigenvalue weighted by molar-refractivity contribution is -0.118. The minimum Gasteiger partial charge on any atom is -0.510 e. The van der Waals surface area contributed by atoms with Crippen LogP contribution in [0.1, 0.15) is 6.42 Å². The van der Waals surface area contributed by atoms with E-state index in [1.165, 1.54) is 0 Å². The van der Waals surface area contributed by atoms with Crippen molar-refractivity contribution in [3.8, 4) is 0 Å². The number of ketones is 1. The first-order valence-electron chi connectivity index (χ1n) is 3.51. The quantitative estimate of drug-likeness (QED) is 0.563. The molecule has 0 aliphatic heterocycles. The molecule has 0 aromatic rings. The van der Waals surface area contributed by atoms with E-state index in [1.807, 2.05) is 12.2 Å². The molecule has 0 saturated carbocycles. The molecule has 2 unspecified atom stereocenters. The monoisotopic (exact) mass is 170 g/mol. The lowest BCUT2D eigenvalue weighted by atomic mass is 9.91. The van der Waals surface area contributed by atoms with E-state index in [1.54, 1.807) is 0 Å². The van der Waals surface area contributed by atoms with Crippen molar-refractivity contribution in [1.82, 2.24) is 0 Å². The molecule has 0 spiro atoms. The summed E-state index contributed by atoms with van der Waals surface area (Å²) in [5.41, 5.74) is 0. The van der Waals surface area contributed by atoms with E-state index in [-0.39, 0.29) is 28.4 Å². The van der Waals surface area contributed by atoms with E-state index in [4.69, 9.17) is 11.6 Å². The number of aliphatic hydroxyl groups is 1. The van der Waals surface area contributed by atoms with Crippen molar-refractivity contribution in [3.05, 3.63) is 22.9 Å². The van der Waals surface area contributed by atoms with Crippen molar-refractivity contribution in [2.24, 2.45) is 11.8 Å². The summed E-state index contributed by atoms with van der Waals surface area (Å²) in [6.07, 6.45) is 4.35. The maximum absolute atomic E-state index is 11.2. The van der Waals surface area contributed by atoms with E-state index >= 15 is 0 Å². The van der Waals surface area contributed by atoms with Gasteiger partial charge in [0.15, 0.2) is 5.78 Å². The molecule has 0 radical (unpaired) electrons. The number of rotatable bonds is 0. The Morgan fingerprint density at radius 2 is 2.09 bits per heavy atom. The molecule has 2 aliphatic carbocycles. The molecule has 0 aromatic heterocycles. The van der Waals surface area contributed by atoms with Crippen LogP contribution in [0.25, 0.3) is 0 Å². The van der Waals surface area contributed by atoms with Gasteiger partial charge in [0.1, 0.15) is 10.8 Å². The molecular weight excluding hydrogens is 164 g/mol. The molecule has 0 aromatic carbocycles. The standard InChI is InChI=1S/C8H7ClO2/c9-6-7(10)4-1-2-5(3-4)8(6)11/h1-2,4-5,10H,3H2. The van der Waals surface area contributed by atoms with Gasteiger partial charge in [0.25, 0.3) is 0 Å². The predicted octanol–water partition coefficient (Wildman–Crippen LogP) is 1.77. The summed E-state index contributed by atoms with van der Waals surface area (Å²) in [6.45, 7) is 0. The first-order chi connectivity index (χ1) is 5.20. The van der Waals surface area contributed by atoms with Gasteiger partial charge >= 0.3 is 0 Å². The fourth-order valence-corrected chi connectivity index (χ4v) is 1.83. The zero-order valence-corrected chi connectivity index (χ0v) is 6.51. The number of carbonyl (C=O) groups excluding carboxylic acids is 1. The molecule has 0 saturated heterocycles. The highest BCUT2D eigenvalue weighted by atomic mass is 35.5. The molecule has 2 nitrogen and oxygen atoms in total. The first kappa shape index (κ1) is 6.92. The van der Waals surface area contributed by atoms with Crippen molar-refractivity contribution in [3.63, 3.8) is 0 Å². The number of fused-ring (bicyclic) bond motifs is 2. The summed E-state index contributed by atoms with van der Waals surface area (Å²) in [5.74, 6) is -0.190. The van der Waals surface area contributed by atoms with Crippen LogP contribution in [0.5, 0.6) is 0 Å². The second-order valence-electron chi connectivity index (χ2n) is 2.90. The minimum absolute atomic E-state index is 0.00907. The van der Waals surface area contributed by atoms with Crippen LogP contribution in [-0.4, -0.2) is 10.9 Å². The Hall–Kier alpha value is -0.760. The number of allylic oxidation sites excluding steroid dienone is 3. The van der Waals surface area contributed by atoms with Gasteiger partial charge in [-0.2, -0.15) is 0 Å². The van der Waals surface area contributed by atoms with Crippen molar-refractivity contribution >= 4 is 17.4 Å². The molecule has 2 atom stereocenters. The lowest BCUT2D eigenvalue weighted by Gasteiger charge is -2.17. The molecule has 2 bridgehead atoms. The van der Waals surface area contributed by atoms with Crippen LogP contribution < -0.4 is 0 Å². The summed E-state index contributed by atoms with van der Waals surface area (Å²) in [6, 6.07) is 0. The van der Waals surface area contributed by atoms with Gasteiger partial charge in [-0.1, -0.05) is 23.8 Å². The van der Waals surface area contributed by atoms with E-state index in [9.17, 15) is 9.90 Å². The third-order valence-electron chi connectivity index (χ3n) is 2.21. The van der Waals surface area contributed by atoms with Crippen LogP contribution in [0.15, 0.2) is 22.9 Å². The van der Waals surface area contributed by atoms with Crippen molar-refractivity contribution in [2.45, 2.75) is 6.42 Å². The molecule has 0 fully saturated rings. The number of carbonyl (C=O) groups is 1. The summed E-state index contributed by atoms with van der Waals surface area (Å²) >= 11 is 5.59. The fraction of sp³-hybridized carbons (Fsp3) is 0.375. The molecule has 0 heterocycles. The number of halogens is 1. The number of hydrogen-bond acceptors (Lipinski definition) is 2. The van der Waals surface area contributed by atoms with Crippen molar-refractivity contribution < 1.29 is 9.90 Å². The molecule has 0 amide bonds. The Balaban J connectivity index is 2.49. The normalized spacial score (nSPS) is 35.2. The van der Waals surface area contributed by atoms with Crippen molar-refractivity contribution in [1.29, 1.82) is 0 Å². The largest absolute Gasteiger partial charge is 0.510 e. The highest BCUT2D eigenvalue weighted by Gasteiger charge is 2.36. The molecule has 2 rings (SSSR count). The van der Waals surface area contributed by atoms with Crippen LogP contribution >= 0.6 is 11.6 Å². The molecule has 1 N–H and O–H groups in total. The maximum Gasteiger partial charge on any atom is 0.184 e. The Morgan fingerprint density at radius 3 is 2.82 bits per heavy atom. The molecular formula is C8H7ClO2. The van der Waals surface area contributed by atoms with E-state index in [2.05, 4.69) is 0 Å². The Morgan fingerprint density at radius 1 is 1.45 bits per heavy atom. The third kappa shape index (κ3) is 0.824. The van der Waals surface area contributed by atoms with Gasteiger partial charge in [0.2, 0.25) is 0 Å². The highest BCUT2D eigenvalue weighted by Crippen LogP contribution is 2.38. The lowest BCUT2D eigenvalue weighted by Crippen LogP contribution is -2.19. The summed E-state index contributed by atoms with van der Waals surface area (Å²) < 4.78 is 0. The number of Topliss-reactive ketones (excluding diaryl/α,β-unsaturated/α-hetero) is 1. The molecule has 58 valence electrons.